The summed E-state index contributed by atoms with van der Waals surface area (Å²) in [5.74, 6) is 0.952. The van der Waals surface area contributed by atoms with Crippen LogP contribution in [0, 0.1) is 0 Å². The van der Waals surface area contributed by atoms with E-state index in [0.29, 0.717) is 0 Å². The lowest BCUT2D eigenvalue weighted by atomic mass is 10.0. The number of ether oxygens (including phenoxy) is 1. The number of fused-ring (bicyclic) bond motifs is 1. The van der Waals surface area contributed by atoms with Gasteiger partial charge in [-0.05, 0) is 11.6 Å². The minimum absolute atomic E-state index is 0.101. The molecule has 0 spiro atoms. The average Bonchev–Trinajstić information content (AvgIpc) is 2.79. The molecule has 1 aliphatic rings. The van der Waals surface area contributed by atoms with E-state index in [4.69, 9.17) is 4.74 Å². The van der Waals surface area contributed by atoms with Crippen LogP contribution in [0.15, 0.2) is 67.3 Å². The van der Waals surface area contributed by atoms with Crippen molar-refractivity contribution < 1.29 is 4.74 Å². The van der Waals surface area contributed by atoms with Crippen molar-refractivity contribution >= 4 is 11.8 Å². The molecule has 19 heavy (non-hydrogen) atoms. The Morgan fingerprint density at radius 1 is 1.00 bits per heavy atom. The molecular weight excluding hydrogens is 232 g/mol. The van der Waals surface area contributed by atoms with E-state index < -0.39 is 0 Å². The lowest BCUT2D eigenvalue weighted by Crippen LogP contribution is -1.92. The van der Waals surface area contributed by atoms with Gasteiger partial charge in [-0.25, -0.2) is 0 Å². The van der Waals surface area contributed by atoms with Gasteiger partial charge >= 0.3 is 0 Å². The Morgan fingerprint density at radius 3 is 2.53 bits per heavy atom. The lowest BCUT2D eigenvalue weighted by Gasteiger charge is -2.08. The third-order valence-electron chi connectivity index (χ3n) is 3.32. The molecule has 0 radical (unpaired) electrons. The third kappa shape index (κ3) is 2.32. The van der Waals surface area contributed by atoms with Crippen molar-refractivity contribution in [2.24, 2.45) is 0 Å². The van der Waals surface area contributed by atoms with Crippen LogP contribution < -0.4 is 0 Å². The maximum absolute atomic E-state index is 6.07. The summed E-state index contributed by atoms with van der Waals surface area (Å²) in [4.78, 5) is 0. The molecule has 0 fully saturated rings. The fourth-order valence-corrected chi connectivity index (χ4v) is 2.42. The molecule has 2 aromatic rings. The normalized spacial score (nSPS) is 18.9. The number of benzene rings is 2. The van der Waals surface area contributed by atoms with Gasteiger partial charge in [0.1, 0.15) is 11.9 Å². The predicted molar refractivity (Wildman–Crippen MR) is 79.4 cm³/mol. The Bertz CT molecular complexity index is 611. The summed E-state index contributed by atoms with van der Waals surface area (Å²) in [5, 5.41) is 0. The van der Waals surface area contributed by atoms with E-state index in [1.165, 1.54) is 11.1 Å². The molecule has 2 aromatic carbocycles. The molecule has 0 saturated heterocycles. The van der Waals surface area contributed by atoms with Crippen molar-refractivity contribution in [3.05, 3.63) is 83.9 Å². The molecule has 1 heteroatoms. The first-order valence-corrected chi connectivity index (χ1v) is 6.52. The molecule has 1 atom stereocenters. The Hall–Kier alpha value is -2.28. The van der Waals surface area contributed by atoms with Gasteiger partial charge in [-0.1, -0.05) is 60.7 Å². The molecule has 1 nitrogen and oxygen atoms in total. The van der Waals surface area contributed by atoms with Crippen LogP contribution in [0.3, 0.4) is 0 Å². The van der Waals surface area contributed by atoms with E-state index in [9.17, 15) is 0 Å². The van der Waals surface area contributed by atoms with Crippen molar-refractivity contribution in [2.75, 3.05) is 0 Å². The summed E-state index contributed by atoms with van der Waals surface area (Å²) >= 11 is 0. The fraction of sp³-hybridized carbons (Fsp3) is 0.111. The average molecular weight is 248 g/mol. The molecule has 1 aliphatic heterocycles. The highest BCUT2D eigenvalue weighted by molar-refractivity contribution is 5.81. The van der Waals surface area contributed by atoms with Gasteiger partial charge in [0.05, 0.1) is 0 Å². The van der Waals surface area contributed by atoms with Crippen LogP contribution in [0.25, 0.3) is 11.8 Å². The van der Waals surface area contributed by atoms with E-state index in [1.807, 2.05) is 24.3 Å². The van der Waals surface area contributed by atoms with Gasteiger partial charge in [0.2, 0.25) is 0 Å². The molecule has 1 unspecified atom stereocenters. The quantitative estimate of drug-likeness (QED) is 0.707. The summed E-state index contributed by atoms with van der Waals surface area (Å²) in [5.41, 5.74) is 3.61. The van der Waals surface area contributed by atoms with Crippen molar-refractivity contribution in [3.8, 4) is 0 Å². The molecule has 0 bridgehead atoms. The zero-order valence-electron chi connectivity index (χ0n) is 10.8. The highest BCUT2D eigenvalue weighted by Gasteiger charge is 2.26. The number of hydrogen-bond acceptors (Lipinski definition) is 1. The topological polar surface area (TPSA) is 9.23 Å². The first-order valence-electron chi connectivity index (χ1n) is 6.52. The maximum atomic E-state index is 6.07. The van der Waals surface area contributed by atoms with Crippen LogP contribution in [0.4, 0.5) is 0 Å². The molecule has 0 amide bonds. The first-order chi connectivity index (χ1) is 9.38. The van der Waals surface area contributed by atoms with E-state index in [-0.39, 0.29) is 6.10 Å². The van der Waals surface area contributed by atoms with Crippen LogP contribution in [0.5, 0.6) is 0 Å². The second-order valence-corrected chi connectivity index (χ2v) is 4.64. The zero-order chi connectivity index (χ0) is 13.1. The molecule has 0 saturated carbocycles. The summed E-state index contributed by atoms with van der Waals surface area (Å²) in [6.45, 7) is 3.81. The second-order valence-electron chi connectivity index (χ2n) is 4.64. The van der Waals surface area contributed by atoms with E-state index in [1.54, 1.807) is 0 Å². The molecule has 0 aliphatic carbocycles. The Balaban J connectivity index is 2.01. The summed E-state index contributed by atoms with van der Waals surface area (Å²) < 4.78 is 6.07. The maximum Gasteiger partial charge on any atom is 0.128 e. The molecular formula is C18H16O. The van der Waals surface area contributed by atoms with Crippen molar-refractivity contribution in [1.82, 2.24) is 0 Å². The van der Waals surface area contributed by atoms with E-state index >= 15 is 0 Å². The molecule has 94 valence electrons. The van der Waals surface area contributed by atoms with Gasteiger partial charge in [0, 0.05) is 17.5 Å². The van der Waals surface area contributed by atoms with Gasteiger partial charge in [0.15, 0.2) is 0 Å². The van der Waals surface area contributed by atoms with Crippen molar-refractivity contribution in [2.45, 2.75) is 12.5 Å². The van der Waals surface area contributed by atoms with E-state index in [0.717, 1.165) is 17.7 Å². The van der Waals surface area contributed by atoms with Crippen LogP contribution in [-0.4, -0.2) is 0 Å². The smallest absolute Gasteiger partial charge is 0.128 e. The Labute approximate surface area is 113 Å². The van der Waals surface area contributed by atoms with Crippen molar-refractivity contribution in [3.63, 3.8) is 0 Å². The third-order valence-corrected chi connectivity index (χ3v) is 3.32. The van der Waals surface area contributed by atoms with Crippen LogP contribution in [-0.2, 0) is 4.74 Å². The number of hydrogen-bond donors (Lipinski definition) is 0. The second kappa shape index (κ2) is 5.15. The SMILES string of the molecule is C=CCC1O/C(=C/c2ccccc2)c2ccccc21. The molecule has 1 heterocycles. The van der Waals surface area contributed by atoms with Crippen LogP contribution in [0.2, 0.25) is 0 Å². The Morgan fingerprint density at radius 2 is 1.74 bits per heavy atom. The highest BCUT2D eigenvalue weighted by Crippen LogP contribution is 2.40. The molecule has 3 rings (SSSR count). The van der Waals surface area contributed by atoms with Gasteiger partial charge in [-0.2, -0.15) is 0 Å². The van der Waals surface area contributed by atoms with Gasteiger partial charge in [0.25, 0.3) is 0 Å². The monoisotopic (exact) mass is 248 g/mol. The summed E-state index contributed by atoms with van der Waals surface area (Å²) in [6.07, 6.45) is 4.95. The van der Waals surface area contributed by atoms with E-state index in [2.05, 4.69) is 49.1 Å². The highest BCUT2D eigenvalue weighted by atomic mass is 16.5. The first kappa shape index (κ1) is 11.8. The van der Waals surface area contributed by atoms with Crippen molar-refractivity contribution in [1.29, 1.82) is 0 Å². The van der Waals surface area contributed by atoms with Crippen LogP contribution in [0.1, 0.15) is 29.2 Å². The molecule has 0 aromatic heterocycles. The standard InChI is InChI=1S/C18H16O/c1-2-8-17-15-11-6-7-12-16(15)18(19-17)13-14-9-4-3-5-10-14/h2-7,9-13,17H,1,8H2/b18-13+. The van der Waals surface area contributed by atoms with Gasteiger partial charge < -0.3 is 4.74 Å². The summed E-state index contributed by atoms with van der Waals surface area (Å²) in [6, 6.07) is 18.6. The largest absolute Gasteiger partial charge is 0.485 e. The summed E-state index contributed by atoms with van der Waals surface area (Å²) in [7, 11) is 0. The number of rotatable bonds is 3. The zero-order valence-corrected chi connectivity index (χ0v) is 10.8. The predicted octanol–water partition coefficient (Wildman–Crippen LogP) is 4.83. The van der Waals surface area contributed by atoms with Gasteiger partial charge in [-0.3, -0.25) is 0 Å². The minimum Gasteiger partial charge on any atom is -0.485 e. The lowest BCUT2D eigenvalue weighted by molar-refractivity contribution is 0.193. The fourth-order valence-electron chi connectivity index (χ4n) is 2.42. The Kier molecular flexibility index (Phi) is 3.20. The van der Waals surface area contributed by atoms with Gasteiger partial charge in [-0.15, -0.1) is 6.58 Å². The van der Waals surface area contributed by atoms with Crippen LogP contribution >= 0.6 is 0 Å². The molecule has 0 N–H and O–H groups in total. The minimum atomic E-state index is 0.101.